The number of benzene rings is 1. The Hall–Kier alpha value is -3.54. The third-order valence-electron chi connectivity index (χ3n) is 4.41. The molecule has 134 valence electrons. The Balaban J connectivity index is 1.72. The molecule has 3 aromatic heterocycles. The molecule has 5 nitrogen and oxygen atoms in total. The van der Waals surface area contributed by atoms with E-state index in [1.165, 1.54) is 12.1 Å². The number of aryl methyl sites for hydroxylation is 1. The largest absolute Gasteiger partial charge is 0.350 e. The number of aromatic nitrogens is 3. The quantitative estimate of drug-likeness (QED) is 0.604. The minimum absolute atomic E-state index is 0.265. The van der Waals surface area contributed by atoms with Crippen LogP contribution in [0.2, 0.25) is 0 Å². The zero-order chi connectivity index (χ0) is 18.8. The minimum Gasteiger partial charge on any atom is -0.350 e. The molecule has 0 unspecified atom stereocenters. The summed E-state index contributed by atoms with van der Waals surface area (Å²) in [6, 6.07) is 13.6. The summed E-state index contributed by atoms with van der Waals surface area (Å²) in [4.78, 5) is 21.4. The van der Waals surface area contributed by atoms with Crippen molar-refractivity contribution in [3.8, 4) is 11.3 Å². The van der Waals surface area contributed by atoms with Crippen molar-refractivity contribution in [2.24, 2.45) is 7.05 Å². The van der Waals surface area contributed by atoms with Gasteiger partial charge in [0.2, 0.25) is 0 Å². The zero-order valence-corrected chi connectivity index (χ0v) is 14.7. The topological polar surface area (TPSA) is 59.8 Å². The van der Waals surface area contributed by atoms with E-state index in [2.05, 4.69) is 15.3 Å². The normalized spacial score (nSPS) is 10.9. The summed E-state index contributed by atoms with van der Waals surface area (Å²) in [5, 5.41) is 3.66. The molecule has 0 saturated heterocycles. The highest BCUT2D eigenvalue weighted by Gasteiger charge is 2.16. The van der Waals surface area contributed by atoms with Crippen molar-refractivity contribution in [1.29, 1.82) is 0 Å². The third-order valence-corrected chi connectivity index (χ3v) is 4.41. The van der Waals surface area contributed by atoms with Crippen LogP contribution in [0.15, 0.2) is 67.1 Å². The number of pyridine rings is 2. The molecular formula is C21H17FN4O. The Labute approximate surface area is 155 Å². The van der Waals surface area contributed by atoms with Gasteiger partial charge in [0.15, 0.2) is 0 Å². The molecule has 27 heavy (non-hydrogen) atoms. The van der Waals surface area contributed by atoms with Crippen LogP contribution in [0.3, 0.4) is 0 Å². The molecule has 0 bridgehead atoms. The van der Waals surface area contributed by atoms with Gasteiger partial charge in [0.05, 0.1) is 11.2 Å². The molecule has 4 aromatic rings. The third kappa shape index (κ3) is 3.42. The van der Waals surface area contributed by atoms with Crippen LogP contribution in [0.4, 0.5) is 4.39 Å². The number of carbonyl (C=O) groups is 1. The Kier molecular flexibility index (Phi) is 4.38. The van der Waals surface area contributed by atoms with E-state index < -0.39 is 0 Å². The maximum Gasteiger partial charge on any atom is 0.270 e. The van der Waals surface area contributed by atoms with Crippen molar-refractivity contribution in [3.05, 3.63) is 84.2 Å². The molecule has 1 amide bonds. The van der Waals surface area contributed by atoms with Gasteiger partial charge in [-0.1, -0.05) is 6.07 Å². The van der Waals surface area contributed by atoms with Crippen molar-refractivity contribution in [2.45, 2.75) is 6.54 Å². The van der Waals surface area contributed by atoms with E-state index in [4.69, 9.17) is 0 Å². The van der Waals surface area contributed by atoms with Crippen LogP contribution >= 0.6 is 0 Å². The van der Waals surface area contributed by atoms with Crippen LogP contribution in [0, 0.1) is 5.82 Å². The Morgan fingerprint density at radius 3 is 2.74 bits per heavy atom. The standard InChI is InChI=1S/C21H17FN4O/c1-26-10-8-17-19(26)11-18(15-4-6-16(22)7-5-15)25-20(17)21(27)24-13-14-3-2-9-23-12-14/h2-12H,13H2,1H3,(H,24,27). The number of fused-ring (bicyclic) bond motifs is 1. The smallest absolute Gasteiger partial charge is 0.270 e. The van der Waals surface area contributed by atoms with Crippen LogP contribution in [-0.2, 0) is 13.6 Å². The maximum atomic E-state index is 13.2. The first-order valence-electron chi connectivity index (χ1n) is 8.51. The lowest BCUT2D eigenvalue weighted by atomic mass is 10.1. The van der Waals surface area contributed by atoms with Crippen LogP contribution < -0.4 is 5.32 Å². The van der Waals surface area contributed by atoms with Gasteiger partial charge in [-0.05, 0) is 48.0 Å². The number of nitrogens with one attached hydrogen (secondary N) is 1. The van der Waals surface area contributed by atoms with Crippen molar-refractivity contribution in [2.75, 3.05) is 0 Å². The second-order valence-corrected chi connectivity index (χ2v) is 6.27. The van der Waals surface area contributed by atoms with Gasteiger partial charge in [0.1, 0.15) is 11.5 Å². The number of rotatable bonds is 4. The first kappa shape index (κ1) is 16.9. The van der Waals surface area contributed by atoms with E-state index >= 15 is 0 Å². The summed E-state index contributed by atoms with van der Waals surface area (Å²) in [6.45, 7) is 0.365. The van der Waals surface area contributed by atoms with Gasteiger partial charge in [-0.2, -0.15) is 0 Å². The molecule has 0 spiro atoms. The molecular weight excluding hydrogens is 343 g/mol. The molecule has 1 aromatic carbocycles. The van der Waals surface area contributed by atoms with Crippen molar-refractivity contribution >= 4 is 16.8 Å². The molecule has 1 N–H and O–H groups in total. The summed E-state index contributed by atoms with van der Waals surface area (Å²) in [6.07, 6.45) is 5.28. The van der Waals surface area contributed by atoms with E-state index in [1.54, 1.807) is 24.5 Å². The number of nitrogens with zero attached hydrogens (tertiary/aromatic N) is 3. The fourth-order valence-electron chi connectivity index (χ4n) is 2.97. The van der Waals surface area contributed by atoms with Gasteiger partial charge in [-0.25, -0.2) is 9.37 Å². The number of carbonyl (C=O) groups excluding carboxylic acids is 1. The lowest BCUT2D eigenvalue weighted by Crippen LogP contribution is -2.24. The highest BCUT2D eigenvalue weighted by molar-refractivity contribution is 6.05. The first-order chi connectivity index (χ1) is 13.1. The molecule has 3 heterocycles. The van der Waals surface area contributed by atoms with Gasteiger partial charge in [-0.15, -0.1) is 0 Å². The average Bonchev–Trinajstić information content (AvgIpc) is 3.08. The molecule has 0 radical (unpaired) electrons. The molecule has 0 aliphatic carbocycles. The zero-order valence-electron chi connectivity index (χ0n) is 14.7. The molecule has 0 saturated carbocycles. The molecule has 4 rings (SSSR count). The number of halogens is 1. The fourth-order valence-corrected chi connectivity index (χ4v) is 2.97. The second kappa shape index (κ2) is 6.99. The number of amides is 1. The second-order valence-electron chi connectivity index (χ2n) is 6.27. The predicted molar refractivity (Wildman–Crippen MR) is 102 cm³/mol. The summed E-state index contributed by atoms with van der Waals surface area (Å²) in [5.41, 5.74) is 3.51. The Morgan fingerprint density at radius 2 is 2.00 bits per heavy atom. The van der Waals surface area contributed by atoms with Gasteiger partial charge in [0.25, 0.3) is 5.91 Å². The molecule has 0 fully saturated rings. The van der Waals surface area contributed by atoms with E-state index in [9.17, 15) is 9.18 Å². The average molecular weight is 360 g/mol. The number of hydrogen-bond donors (Lipinski definition) is 1. The predicted octanol–water partition coefficient (Wildman–Crippen LogP) is 3.70. The molecule has 0 atom stereocenters. The maximum absolute atomic E-state index is 13.2. The summed E-state index contributed by atoms with van der Waals surface area (Å²) in [5.74, 6) is -0.577. The number of hydrogen-bond acceptors (Lipinski definition) is 3. The summed E-state index contributed by atoms with van der Waals surface area (Å²) >= 11 is 0. The summed E-state index contributed by atoms with van der Waals surface area (Å²) < 4.78 is 15.2. The highest BCUT2D eigenvalue weighted by Crippen LogP contribution is 2.25. The molecule has 0 aliphatic heterocycles. The van der Waals surface area contributed by atoms with Gasteiger partial charge in [0, 0.05) is 43.1 Å². The van der Waals surface area contributed by atoms with Crippen molar-refractivity contribution in [1.82, 2.24) is 19.9 Å². The Bertz CT molecular complexity index is 1100. The van der Waals surface area contributed by atoms with E-state index in [1.807, 2.05) is 42.1 Å². The van der Waals surface area contributed by atoms with E-state index in [0.29, 0.717) is 17.9 Å². The first-order valence-corrected chi connectivity index (χ1v) is 8.51. The van der Waals surface area contributed by atoms with E-state index in [0.717, 1.165) is 22.0 Å². The van der Waals surface area contributed by atoms with Crippen molar-refractivity contribution < 1.29 is 9.18 Å². The molecule has 0 aliphatic rings. The lowest BCUT2D eigenvalue weighted by Gasteiger charge is -2.09. The van der Waals surface area contributed by atoms with Crippen LogP contribution in [0.5, 0.6) is 0 Å². The van der Waals surface area contributed by atoms with Crippen LogP contribution in [0.1, 0.15) is 16.1 Å². The van der Waals surface area contributed by atoms with Gasteiger partial charge < -0.3 is 9.88 Å². The fraction of sp³-hybridized carbons (Fsp3) is 0.0952. The van der Waals surface area contributed by atoms with Crippen LogP contribution in [-0.4, -0.2) is 20.4 Å². The molecule has 6 heteroatoms. The lowest BCUT2D eigenvalue weighted by molar-refractivity contribution is 0.0948. The monoisotopic (exact) mass is 360 g/mol. The Morgan fingerprint density at radius 1 is 1.19 bits per heavy atom. The van der Waals surface area contributed by atoms with Crippen LogP contribution in [0.25, 0.3) is 22.2 Å². The SMILES string of the molecule is Cn1ccc2c(C(=O)NCc3cccnc3)nc(-c3ccc(F)cc3)cc21. The van der Waals surface area contributed by atoms with Crippen molar-refractivity contribution in [3.63, 3.8) is 0 Å². The summed E-state index contributed by atoms with van der Waals surface area (Å²) in [7, 11) is 1.91. The minimum atomic E-state index is -0.312. The van der Waals surface area contributed by atoms with Gasteiger partial charge >= 0.3 is 0 Å². The van der Waals surface area contributed by atoms with E-state index in [-0.39, 0.29) is 11.7 Å². The van der Waals surface area contributed by atoms with Gasteiger partial charge in [-0.3, -0.25) is 9.78 Å². The highest BCUT2D eigenvalue weighted by atomic mass is 19.1.